The van der Waals surface area contributed by atoms with E-state index in [2.05, 4.69) is 31.5 Å². The summed E-state index contributed by atoms with van der Waals surface area (Å²) in [5.41, 5.74) is 4.46. The Kier molecular flexibility index (Phi) is 7.20. The molecule has 0 spiro atoms. The first-order valence-electron chi connectivity index (χ1n) is 13.4. The SMILES string of the molecule is O=C(NCCN1CCCCC1)c1cccc(CN(C(=O)c2nc3ccc(-c4cn[nH]c4)cc3s2)C2CC2)c1. The molecule has 1 saturated heterocycles. The van der Waals surface area contributed by atoms with Crippen LogP contribution < -0.4 is 5.32 Å². The van der Waals surface area contributed by atoms with Gasteiger partial charge in [-0.25, -0.2) is 4.98 Å². The van der Waals surface area contributed by atoms with E-state index in [9.17, 15) is 9.59 Å². The molecule has 2 amide bonds. The van der Waals surface area contributed by atoms with Crippen molar-refractivity contribution in [3.8, 4) is 11.1 Å². The number of amides is 2. The lowest BCUT2D eigenvalue weighted by Gasteiger charge is -2.26. The van der Waals surface area contributed by atoms with Crippen LogP contribution in [0.1, 0.15) is 57.8 Å². The van der Waals surface area contributed by atoms with Crippen molar-refractivity contribution in [1.29, 1.82) is 0 Å². The maximum Gasteiger partial charge on any atom is 0.283 e. The van der Waals surface area contributed by atoms with E-state index >= 15 is 0 Å². The number of hydrogen-bond acceptors (Lipinski definition) is 6. The van der Waals surface area contributed by atoms with Gasteiger partial charge in [0.25, 0.3) is 11.8 Å². The number of thiazole rings is 1. The smallest absolute Gasteiger partial charge is 0.283 e. The van der Waals surface area contributed by atoms with E-state index in [0.717, 1.165) is 59.4 Å². The molecule has 2 aromatic heterocycles. The molecule has 2 N–H and O–H groups in total. The molecule has 6 rings (SSSR count). The number of likely N-dealkylation sites (tertiary alicyclic amines) is 1. The monoisotopic (exact) mass is 528 g/mol. The first-order chi connectivity index (χ1) is 18.6. The number of carbonyl (C=O) groups is 2. The summed E-state index contributed by atoms with van der Waals surface area (Å²) in [5, 5.41) is 10.4. The largest absolute Gasteiger partial charge is 0.351 e. The summed E-state index contributed by atoms with van der Waals surface area (Å²) in [6, 6.07) is 13.9. The minimum Gasteiger partial charge on any atom is -0.351 e. The van der Waals surface area contributed by atoms with Crippen molar-refractivity contribution >= 4 is 33.4 Å². The first-order valence-corrected chi connectivity index (χ1v) is 14.3. The second kappa shape index (κ2) is 11.0. The lowest BCUT2D eigenvalue weighted by Crippen LogP contribution is -2.37. The quantitative estimate of drug-likeness (QED) is 0.328. The zero-order valence-electron chi connectivity index (χ0n) is 21.4. The number of fused-ring (bicyclic) bond motifs is 1. The number of aromatic amines is 1. The van der Waals surface area contributed by atoms with Crippen LogP contribution in [-0.2, 0) is 6.54 Å². The second-order valence-electron chi connectivity index (χ2n) is 10.2. The third-order valence-corrected chi connectivity index (χ3v) is 8.36. The molecular weight excluding hydrogens is 496 g/mol. The Morgan fingerprint density at radius 1 is 1.08 bits per heavy atom. The van der Waals surface area contributed by atoms with Crippen LogP contribution in [0, 0.1) is 0 Å². The lowest BCUT2D eigenvalue weighted by atomic mass is 10.1. The third kappa shape index (κ3) is 5.63. The van der Waals surface area contributed by atoms with Crippen molar-refractivity contribution in [2.45, 2.75) is 44.7 Å². The van der Waals surface area contributed by atoms with Crippen molar-refractivity contribution < 1.29 is 9.59 Å². The van der Waals surface area contributed by atoms with Crippen LogP contribution in [0.4, 0.5) is 0 Å². The standard InChI is InChI=1S/C29H32N6O2S/c36-27(30-11-14-34-12-2-1-3-13-34)22-6-4-5-20(15-22)19-35(24-8-9-24)29(37)28-33-25-10-7-21(16-26(25)38-28)23-17-31-32-18-23/h4-7,10,15-18,24H,1-3,8-9,11-14,19H2,(H,30,36)(H,31,32). The summed E-state index contributed by atoms with van der Waals surface area (Å²) in [4.78, 5) is 35.4. The number of rotatable bonds is 9. The predicted molar refractivity (Wildman–Crippen MR) is 149 cm³/mol. The fourth-order valence-electron chi connectivity index (χ4n) is 5.10. The summed E-state index contributed by atoms with van der Waals surface area (Å²) in [6.45, 7) is 4.25. The summed E-state index contributed by atoms with van der Waals surface area (Å²) < 4.78 is 0.978. The van der Waals surface area contributed by atoms with Gasteiger partial charge >= 0.3 is 0 Å². The van der Waals surface area contributed by atoms with Gasteiger partial charge in [0.2, 0.25) is 0 Å². The predicted octanol–water partition coefficient (Wildman–Crippen LogP) is 4.71. The van der Waals surface area contributed by atoms with Crippen molar-refractivity contribution in [3.63, 3.8) is 0 Å². The van der Waals surface area contributed by atoms with Crippen molar-refractivity contribution in [2.24, 2.45) is 0 Å². The Morgan fingerprint density at radius 3 is 2.74 bits per heavy atom. The molecule has 4 aromatic rings. The molecule has 8 nitrogen and oxygen atoms in total. The van der Waals surface area contributed by atoms with Crippen LogP contribution in [0.3, 0.4) is 0 Å². The van der Waals surface area contributed by atoms with E-state index in [-0.39, 0.29) is 17.9 Å². The molecule has 3 heterocycles. The summed E-state index contributed by atoms with van der Waals surface area (Å²) in [7, 11) is 0. The molecule has 9 heteroatoms. The topological polar surface area (TPSA) is 94.2 Å². The van der Waals surface area contributed by atoms with Crippen LogP contribution in [0.5, 0.6) is 0 Å². The Labute approximate surface area is 226 Å². The number of nitrogens with zero attached hydrogens (tertiary/aromatic N) is 4. The van der Waals surface area contributed by atoms with Gasteiger partial charge in [0, 0.05) is 43.0 Å². The van der Waals surface area contributed by atoms with Gasteiger partial charge in [-0.15, -0.1) is 11.3 Å². The molecule has 0 radical (unpaired) electrons. The van der Waals surface area contributed by atoms with E-state index in [1.807, 2.05) is 47.5 Å². The Bertz CT molecular complexity index is 1420. The van der Waals surface area contributed by atoms with Gasteiger partial charge in [-0.05, 0) is 74.2 Å². The van der Waals surface area contributed by atoms with Gasteiger partial charge in [0.05, 0.1) is 16.4 Å². The minimum absolute atomic E-state index is 0.0463. The Morgan fingerprint density at radius 2 is 1.95 bits per heavy atom. The highest BCUT2D eigenvalue weighted by atomic mass is 32.1. The average Bonchev–Trinajstić information content (AvgIpc) is 3.45. The molecule has 2 aromatic carbocycles. The maximum absolute atomic E-state index is 13.6. The number of hydrogen-bond donors (Lipinski definition) is 2. The molecule has 0 bridgehead atoms. The zero-order valence-corrected chi connectivity index (χ0v) is 22.2. The molecular formula is C29H32N6O2S. The molecule has 0 atom stereocenters. The van der Waals surface area contributed by atoms with Gasteiger partial charge in [-0.3, -0.25) is 14.7 Å². The minimum atomic E-state index is -0.0623. The molecule has 1 aliphatic heterocycles. The van der Waals surface area contributed by atoms with Gasteiger partial charge in [-0.2, -0.15) is 5.10 Å². The average molecular weight is 529 g/mol. The fourth-order valence-corrected chi connectivity index (χ4v) is 6.06. The fraction of sp³-hybridized carbons (Fsp3) is 0.379. The van der Waals surface area contributed by atoms with E-state index in [1.165, 1.54) is 30.6 Å². The zero-order chi connectivity index (χ0) is 25.9. The van der Waals surface area contributed by atoms with Gasteiger partial charge in [0.15, 0.2) is 5.01 Å². The molecule has 2 aliphatic rings. The normalized spacial score (nSPS) is 16.0. The van der Waals surface area contributed by atoms with E-state index < -0.39 is 0 Å². The Hall–Kier alpha value is -3.56. The first kappa shape index (κ1) is 24.8. The van der Waals surface area contributed by atoms with Gasteiger partial charge < -0.3 is 15.1 Å². The third-order valence-electron chi connectivity index (χ3n) is 7.36. The van der Waals surface area contributed by atoms with E-state index in [4.69, 9.17) is 0 Å². The van der Waals surface area contributed by atoms with Gasteiger partial charge in [-0.1, -0.05) is 24.6 Å². The van der Waals surface area contributed by atoms with Crippen LogP contribution >= 0.6 is 11.3 Å². The van der Waals surface area contributed by atoms with Gasteiger partial charge in [0.1, 0.15) is 0 Å². The highest BCUT2D eigenvalue weighted by molar-refractivity contribution is 7.20. The number of benzene rings is 2. The highest BCUT2D eigenvalue weighted by Crippen LogP contribution is 2.33. The van der Waals surface area contributed by atoms with Crippen molar-refractivity contribution in [3.05, 3.63) is 71.0 Å². The van der Waals surface area contributed by atoms with Crippen LogP contribution in [-0.4, -0.2) is 69.0 Å². The highest BCUT2D eigenvalue weighted by Gasteiger charge is 2.34. The van der Waals surface area contributed by atoms with Crippen LogP contribution in [0.2, 0.25) is 0 Å². The van der Waals surface area contributed by atoms with Crippen molar-refractivity contribution in [2.75, 3.05) is 26.2 Å². The molecule has 1 aliphatic carbocycles. The lowest BCUT2D eigenvalue weighted by molar-refractivity contribution is 0.0729. The number of carbonyl (C=O) groups excluding carboxylic acids is 2. The number of aromatic nitrogens is 3. The molecule has 1 saturated carbocycles. The number of nitrogens with one attached hydrogen (secondary N) is 2. The number of piperidine rings is 1. The van der Waals surface area contributed by atoms with E-state index in [0.29, 0.717) is 23.7 Å². The van der Waals surface area contributed by atoms with Crippen LogP contribution in [0.15, 0.2) is 54.9 Å². The van der Waals surface area contributed by atoms with Crippen LogP contribution in [0.25, 0.3) is 21.3 Å². The van der Waals surface area contributed by atoms with Crippen molar-refractivity contribution in [1.82, 2.24) is 30.3 Å². The summed E-state index contributed by atoms with van der Waals surface area (Å²) in [6.07, 6.45) is 9.43. The number of H-pyrrole nitrogens is 1. The summed E-state index contributed by atoms with van der Waals surface area (Å²) >= 11 is 1.43. The second-order valence-corrected chi connectivity index (χ2v) is 11.2. The maximum atomic E-state index is 13.6. The molecule has 196 valence electrons. The summed E-state index contributed by atoms with van der Waals surface area (Å²) in [5.74, 6) is -0.109. The van der Waals surface area contributed by atoms with E-state index in [1.54, 1.807) is 6.20 Å². The Balaban J connectivity index is 1.13. The molecule has 0 unspecified atom stereocenters. The molecule has 38 heavy (non-hydrogen) atoms. The molecule has 2 fully saturated rings.